The Hall–Kier alpha value is -0.0900. The third-order valence-electron chi connectivity index (χ3n) is 2.49. The van der Waals surface area contributed by atoms with Gasteiger partial charge in [-0.15, -0.1) is 0 Å². The molecule has 1 atom stereocenters. The summed E-state index contributed by atoms with van der Waals surface area (Å²) in [5.74, 6) is 0.764. The molecular weight excluding hydrogens is 150 g/mol. The lowest BCUT2D eigenvalue weighted by Crippen LogP contribution is -2.57. The van der Waals surface area contributed by atoms with Crippen LogP contribution in [-0.4, -0.2) is 32.0 Å². The van der Waals surface area contributed by atoms with Gasteiger partial charge in [0.25, 0.3) is 0 Å². The third-order valence-corrected chi connectivity index (χ3v) is 4.31. The molecule has 1 spiro atoms. The van der Waals surface area contributed by atoms with Crippen LogP contribution in [0.4, 0.5) is 0 Å². The van der Waals surface area contributed by atoms with Gasteiger partial charge in [-0.25, -0.2) is 8.42 Å². The Morgan fingerprint density at radius 1 is 1.30 bits per heavy atom. The summed E-state index contributed by atoms with van der Waals surface area (Å²) in [6.45, 7) is 0.996. The average molecular weight is 161 g/mol. The van der Waals surface area contributed by atoms with E-state index in [4.69, 9.17) is 0 Å². The molecule has 0 aromatic rings. The second-order valence-corrected chi connectivity index (χ2v) is 5.48. The molecule has 2 aliphatic heterocycles. The predicted molar refractivity (Wildman–Crippen MR) is 38.6 cm³/mol. The van der Waals surface area contributed by atoms with Gasteiger partial charge >= 0.3 is 0 Å². The second kappa shape index (κ2) is 1.74. The molecule has 58 valence electrons. The number of sulfone groups is 1. The normalized spacial score (nSPS) is 43.6. The SMILES string of the molecule is O=S1(=O)CC[C@@]2(CCN2)C1. The van der Waals surface area contributed by atoms with Gasteiger partial charge in [-0.05, 0) is 19.4 Å². The second-order valence-electron chi connectivity index (χ2n) is 3.30. The molecule has 0 aliphatic carbocycles. The molecule has 2 aliphatic rings. The molecule has 0 unspecified atom stereocenters. The molecule has 0 saturated carbocycles. The van der Waals surface area contributed by atoms with Crippen LogP contribution in [0.1, 0.15) is 12.8 Å². The van der Waals surface area contributed by atoms with Crippen LogP contribution in [0.3, 0.4) is 0 Å². The van der Waals surface area contributed by atoms with Crippen molar-refractivity contribution in [1.82, 2.24) is 5.32 Å². The van der Waals surface area contributed by atoms with Crippen LogP contribution >= 0.6 is 0 Å². The van der Waals surface area contributed by atoms with E-state index in [2.05, 4.69) is 5.32 Å². The van der Waals surface area contributed by atoms with Gasteiger partial charge < -0.3 is 5.32 Å². The van der Waals surface area contributed by atoms with Gasteiger partial charge in [0, 0.05) is 5.54 Å². The van der Waals surface area contributed by atoms with Crippen LogP contribution in [0.5, 0.6) is 0 Å². The van der Waals surface area contributed by atoms with Crippen LogP contribution in [0.25, 0.3) is 0 Å². The minimum absolute atomic E-state index is 0.0127. The molecule has 0 aromatic carbocycles. The number of rotatable bonds is 0. The Labute approximate surface area is 60.7 Å². The van der Waals surface area contributed by atoms with Crippen molar-refractivity contribution in [3.05, 3.63) is 0 Å². The summed E-state index contributed by atoms with van der Waals surface area (Å²) >= 11 is 0. The van der Waals surface area contributed by atoms with Crippen molar-refractivity contribution < 1.29 is 8.42 Å². The fraction of sp³-hybridized carbons (Fsp3) is 1.00. The Balaban J connectivity index is 2.19. The maximum atomic E-state index is 11.0. The fourth-order valence-electron chi connectivity index (χ4n) is 1.73. The first-order valence-corrected chi connectivity index (χ1v) is 5.40. The molecule has 4 heteroatoms. The Bertz CT molecular complexity index is 240. The number of hydrogen-bond donors (Lipinski definition) is 1. The van der Waals surface area contributed by atoms with Crippen molar-refractivity contribution in [1.29, 1.82) is 0 Å². The minimum Gasteiger partial charge on any atom is -0.310 e. The Morgan fingerprint density at radius 2 is 2.00 bits per heavy atom. The van der Waals surface area contributed by atoms with E-state index in [1.807, 2.05) is 0 Å². The topological polar surface area (TPSA) is 46.2 Å². The highest BCUT2D eigenvalue weighted by molar-refractivity contribution is 7.91. The highest BCUT2D eigenvalue weighted by Gasteiger charge is 2.45. The molecule has 2 saturated heterocycles. The van der Waals surface area contributed by atoms with E-state index in [9.17, 15) is 8.42 Å². The minimum atomic E-state index is -2.68. The zero-order valence-electron chi connectivity index (χ0n) is 5.76. The molecule has 0 radical (unpaired) electrons. The van der Waals surface area contributed by atoms with Gasteiger partial charge in [-0.3, -0.25) is 0 Å². The maximum Gasteiger partial charge on any atom is 0.152 e. The molecule has 0 aromatic heterocycles. The van der Waals surface area contributed by atoms with Gasteiger partial charge in [0.15, 0.2) is 9.84 Å². The van der Waals surface area contributed by atoms with Crippen LogP contribution in [0, 0.1) is 0 Å². The van der Waals surface area contributed by atoms with Crippen molar-refractivity contribution in [3.63, 3.8) is 0 Å². The molecule has 0 bridgehead atoms. The highest BCUT2D eigenvalue weighted by Crippen LogP contribution is 2.31. The van der Waals surface area contributed by atoms with E-state index in [0.29, 0.717) is 11.5 Å². The lowest BCUT2D eigenvalue weighted by molar-refractivity contribution is 0.241. The molecular formula is C6H11NO2S. The van der Waals surface area contributed by atoms with Gasteiger partial charge in [0.2, 0.25) is 0 Å². The first-order chi connectivity index (χ1) is 4.62. The van der Waals surface area contributed by atoms with Crippen LogP contribution < -0.4 is 5.32 Å². The van der Waals surface area contributed by atoms with Gasteiger partial charge in [0.1, 0.15) is 0 Å². The van der Waals surface area contributed by atoms with Crippen molar-refractivity contribution in [2.45, 2.75) is 18.4 Å². The van der Waals surface area contributed by atoms with E-state index >= 15 is 0 Å². The van der Waals surface area contributed by atoms with Gasteiger partial charge in [-0.1, -0.05) is 0 Å². The van der Waals surface area contributed by atoms with E-state index in [1.165, 1.54) is 0 Å². The molecule has 3 nitrogen and oxygen atoms in total. The zero-order chi connectivity index (χ0) is 7.24. The first kappa shape index (κ1) is 6.61. The zero-order valence-corrected chi connectivity index (χ0v) is 6.58. The van der Waals surface area contributed by atoms with E-state index in [1.54, 1.807) is 0 Å². The third kappa shape index (κ3) is 0.864. The molecule has 1 N–H and O–H groups in total. The maximum absolute atomic E-state index is 11.0. The predicted octanol–water partition coefficient (Wildman–Crippen LogP) is -0.463. The van der Waals surface area contributed by atoms with E-state index < -0.39 is 9.84 Å². The summed E-state index contributed by atoms with van der Waals surface area (Å²) in [6, 6.07) is 0. The summed E-state index contributed by atoms with van der Waals surface area (Å²) in [5, 5.41) is 3.20. The van der Waals surface area contributed by atoms with E-state index in [-0.39, 0.29) is 5.54 Å². The van der Waals surface area contributed by atoms with Crippen LogP contribution in [0.15, 0.2) is 0 Å². The quantitative estimate of drug-likeness (QED) is 0.523. The largest absolute Gasteiger partial charge is 0.310 e. The standard InChI is InChI=1S/C6H11NO2S/c8-10(9)4-2-6(5-10)1-3-7-6/h7H,1-5H2/t6-/m0/s1. The Kier molecular flexibility index (Phi) is 1.15. The van der Waals surface area contributed by atoms with Crippen molar-refractivity contribution in [2.24, 2.45) is 0 Å². The van der Waals surface area contributed by atoms with Crippen molar-refractivity contribution in [3.8, 4) is 0 Å². The summed E-state index contributed by atoms with van der Waals surface area (Å²) < 4.78 is 22.0. The lowest BCUT2D eigenvalue weighted by Gasteiger charge is -2.38. The first-order valence-electron chi connectivity index (χ1n) is 3.57. The molecule has 2 fully saturated rings. The molecule has 2 rings (SSSR count). The summed E-state index contributed by atoms with van der Waals surface area (Å²) in [7, 11) is -2.68. The smallest absolute Gasteiger partial charge is 0.152 e. The summed E-state index contributed by atoms with van der Waals surface area (Å²) in [6.07, 6.45) is 1.88. The fourth-order valence-corrected chi connectivity index (χ4v) is 3.81. The number of hydrogen-bond acceptors (Lipinski definition) is 3. The van der Waals surface area contributed by atoms with E-state index in [0.717, 1.165) is 19.4 Å². The average Bonchev–Trinajstić information content (AvgIpc) is 2.04. The monoisotopic (exact) mass is 161 g/mol. The summed E-state index contributed by atoms with van der Waals surface area (Å²) in [5.41, 5.74) is 0.0127. The lowest BCUT2D eigenvalue weighted by atomic mass is 9.88. The Morgan fingerprint density at radius 3 is 2.20 bits per heavy atom. The molecule has 2 heterocycles. The number of nitrogens with one attached hydrogen (secondary N) is 1. The highest BCUT2D eigenvalue weighted by atomic mass is 32.2. The van der Waals surface area contributed by atoms with Crippen molar-refractivity contribution >= 4 is 9.84 Å². The van der Waals surface area contributed by atoms with Gasteiger partial charge in [0.05, 0.1) is 11.5 Å². The van der Waals surface area contributed by atoms with Gasteiger partial charge in [-0.2, -0.15) is 0 Å². The molecule has 10 heavy (non-hydrogen) atoms. The summed E-state index contributed by atoms with van der Waals surface area (Å²) in [4.78, 5) is 0. The van der Waals surface area contributed by atoms with Crippen LogP contribution in [0.2, 0.25) is 0 Å². The molecule has 0 amide bonds. The van der Waals surface area contributed by atoms with Crippen LogP contribution in [-0.2, 0) is 9.84 Å². The van der Waals surface area contributed by atoms with Crippen molar-refractivity contribution in [2.75, 3.05) is 18.1 Å².